The summed E-state index contributed by atoms with van der Waals surface area (Å²) in [5.41, 5.74) is 0. The average molecular weight is 338 g/mol. The second-order valence-electron chi connectivity index (χ2n) is 3.78. The molecule has 0 spiro atoms. The molecule has 0 aromatic carbocycles. The Hall–Kier alpha value is -0.700. The zero-order valence-corrected chi connectivity index (χ0v) is 12.9. The second-order valence-corrected chi connectivity index (χ2v) is 5.66. The van der Waals surface area contributed by atoms with Gasteiger partial charge in [-0.3, -0.25) is 4.79 Å². The molecule has 1 atom stereocenters. The predicted molar refractivity (Wildman–Crippen MR) is 72.6 cm³/mol. The van der Waals surface area contributed by atoms with E-state index in [9.17, 15) is 9.35 Å². The number of ether oxygens (including phenoxy) is 1. The summed E-state index contributed by atoms with van der Waals surface area (Å²) in [6, 6.07) is 0. The lowest BCUT2D eigenvalue weighted by Crippen LogP contribution is -2.31. The highest BCUT2D eigenvalue weighted by Gasteiger charge is 2.28. The number of aromatic nitrogens is 1. The maximum absolute atomic E-state index is 11.9. The van der Waals surface area contributed by atoms with E-state index >= 15 is 0 Å². The Morgan fingerprint density at radius 1 is 1.61 bits per heavy atom. The number of hydrogen-bond donors (Lipinski definition) is 1. The third-order valence-electron chi connectivity index (χ3n) is 2.06. The number of carbonyl (C=O) groups is 1. The Labute approximate surface area is 117 Å². The Morgan fingerprint density at radius 3 is 2.83 bits per heavy atom. The highest BCUT2D eigenvalue weighted by molar-refractivity contribution is 9.10. The Balaban J connectivity index is 2.73. The zero-order chi connectivity index (χ0) is 13.7. The molecule has 6 nitrogen and oxygen atoms in total. The van der Waals surface area contributed by atoms with E-state index in [1.165, 1.54) is 0 Å². The molecule has 1 rings (SSSR count). The number of likely N-dealkylation sites (N-methyl/N-ethyl adjacent to an activating group) is 1. The molecule has 0 bridgehead atoms. The van der Waals surface area contributed by atoms with Gasteiger partial charge in [-0.25, -0.2) is 0 Å². The van der Waals surface area contributed by atoms with Crippen molar-refractivity contribution in [3.63, 3.8) is 0 Å². The smallest absolute Gasteiger partial charge is 0.308 e. The van der Waals surface area contributed by atoms with E-state index in [0.29, 0.717) is 24.2 Å². The number of hydrogen-bond acceptors (Lipinski definition) is 5. The molecule has 1 aromatic heterocycles. The van der Waals surface area contributed by atoms with Crippen molar-refractivity contribution in [1.29, 1.82) is 0 Å². The molecule has 1 amide bonds. The van der Waals surface area contributed by atoms with E-state index in [1.54, 1.807) is 6.92 Å². The summed E-state index contributed by atoms with van der Waals surface area (Å²) in [7, 11) is 2.12. The number of amides is 1. The van der Waals surface area contributed by atoms with Crippen LogP contribution in [0.2, 0.25) is 0 Å². The summed E-state index contributed by atoms with van der Waals surface area (Å²) in [4.78, 5) is 13.9. The third-order valence-corrected chi connectivity index (χ3v) is 4.13. The van der Waals surface area contributed by atoms with Crippen LogP contribution in [0.3, 0.4) is 0 Å². The minimum atomic E-state index is -1.70. The van der Waals surface area contributed by atoms with Gasteiger partial charge in [0.15, 0.2) is 4.47 Å². The fourth-order valence-electron chi connectivity index (χ4n) is 1.21. The first-order valence-electron chi connectivity index (χ1n) is 5.43. The Morgan fingerprint density at radius 2 is 2.28 bits per heavy atom. The molecule has 0 aliphatic heterocycles. The summed E-state index contributed by atoms with van der Waals surface area (Å²) in [5, 5.41) is 2.69. The van der Waals surface area contributed by atoms with Crippen LogP contribution in [0.15, 0.2) is 4.47 Å². The van der Waals surface area contributed by atoms with Crippen molar-refractivity contribution < 1.29 is 14.1 Å². The molecule has 1 aromatic rings. The van der Waals surface area contributed by atoms with Crippen LogP contribution in [0.4, 0.5) is 0 Å². The number of nitrogens with one attached hydrogen (secondary N) is 1. The van der Waals surface area contributed by atoms with Crippen LogP contribution in [0.25, 0.3) is 0 Å². The van der Waals surface area contributed by atoms with E-state index in [-0.39, 0.29) is 16.7 Å². The van der Waals surface area contributed by atoms with Gasteiger partial charge < -0.3 is 19.5 Å². The van der Waals surface area contributed by atoms with Gasteiger partial charge in [0, 0.05) is 17.5 Å². The van der Waals surface area contributed by atoms with Crippen LogP contribution < -0.4 is 10.1 Å². The molecule has 0 aliphatic rings. The van der Waals surface area contributed by atoms with Crippen LogP contribution in [0.1, 0.15) is 16.6 Å². The Kier molecular flexibility index (Phi) is 6.00. The Bertz CT molecular complexity index is 423. The van der Waals surface area contributed by atoms with Crippen molar-refractivity contribution in [3.8, 4) is 5.88 Å². The van der Waals surface area contributed by atoms with Crippen LogP contribution >= 0.6 is 26.9 Å². The molecule has 0 aliphatic carbocycles. The third kappa shape index (κ3) is 3.91. The molecule has 0 fully saturated rings. The van der Waals surface area contributed by atoms with Crippen molar-refractivity contribution in [2.24, 2.45) is 0 Å². The van der Waals surface area contributed by atoms with Crippen LogP contribution in [0, 0.1) is 0 Å². The van der Waals surface area contributed by atoms with Crippen LogP contribution in [0.5, 0.6) is 5.88 Å². The van der Waals surface area contributed by atoms with Crippen molar-refractivity contribution >= 4 is 32.8 Å². The van der Waals surface area contributed by atoms with E-state index < -0.39 is 10.9 Å². The zero-order valence-electron chi connectivity index (χ0n) is 10.5. The summed E-state index contributed by atoms with van der Waals surface area (Å²) < 4.78 is 21.0. The molecule has 0 saturated heterocycles. The van der Waals surface area contributed by atoms with Gasteiger partial charge in [-0.05, 0) is 36.9 Å². The largest absolute Gasteiger partial charge is 0.568 e. The summed E-state index contributed by atoms with van der Waals surface area (Å²) >= 11 is 3.19. The fraction of sp³-hybridized carbons (Fsp3) is 0.600. The molecule has 0 saturated carbocycles. The first kappa shape index (κ1) is 15.4. The van der Waals surface area contributed by atoms with Gasteiger partial charge in [0.1, 0.15) is 0 Å². The summed E-state index contributed by atoms with van der Waals surface area (Å²) in [6.07, 6.45) is 0. The van der Waals surface area contributed by atoms with Crippen molar-refractivity contribution in [3.05, 3.63) is 9.35 Å². The lowest BCUT2D eigenvalue weighted by Gasteiger charge is -2.09. The minimum absolute atomic E-state index is 0.109. The van der Waals surface area contributed by atoms with Gasteiger partial charge in [-0.15, -0.1) is 0 Å². The minimum Gasteiger partial charge on any atom is -0.568 e. The monoisotopic (exact) mass is 337 g/mol. The molecule has 0 radical (unpaired) electrons. The maximum atomic E-state index is 11.9. The van der Waals surface area contributed by atoms with Crippen molar-refractivity contribution in [1.82, 2.24) is 14.6 Å². The molecule has 1 unspecified atom stereocenters. The van der Waals surface area contributed by atoms with Gasteiger partial charge >= 0.3 is 5.91 Å². The van der Waals surface area contributed by atoms with E-state index in [0.717, 1.165) is 0 Å². The van der Waals surface area contributed by atoms with Gasteiger partial charge in [0.25, 0.3) is 10.8 Å². The fourth-order valence-corrected chi connectivity index (χ4v) is 2.99. The molecule has 102 valence electrons. The molecule has 1 heterocycles. The second kappa shape index (κ2) is 7.03. The molecule has 8 heteroatoms. The highest BCUT2D eigenvalue weighted by Crippen LogP contribution is 2.35. The van der Waals surface area contributed by atoms with Gasteiger partial charge in [0.05, 0.1) is 17.6 Å². The van der Waals surface area contributed by atoms with E-state index in [4.69, 9.17) is 4.74 Å². The predicted octanol–water partition coefficient (Wildman–Crippen LogP) is 1.26. The van der Waals surface area contributed by atoms with E-state index in [1.807, 2.05) is 19.0 Å². The lowest BCUT2D eigenvalue weighted by atomic mass is 10.4. The van der Waals surface area contributed by atoms with Crippen LogP contribution in [-0.4, -0.2) is 53.5 Å². The molecule has 18 heavy (non-hydrogen) atoms. The molecular formula is C10H16BrN3O3S. The normalized spacial score (nSPS) is 11.8. The summed E-state index contributed by atoms with van der Waals surface area (Å²) in [5.74, 6) is -0.172. The number of carbonyl (C=O) groups excluding carboxylic acids is 1. The van der Waals surface area contributed by atoms with Gasteiger partial charge in [0.2, 0.25) is 0 Å². The first-order chi connectivity index (χ1) is 8.47. The van der Waals surface area contributed by atoms with Gasteiger partial charge in [-0.2, -0.15) is 0 Å². The number of nitrogens with zero attached hydrogens (tertiary/aromatic N) is 2. The number of halogens is 1. The van der Waals surface area contributed by atoms with Gasteiger partial charge in [-0.1, -0.05) is 0 Å². The average Bonchev–Trinajstić information content (AvgIpc) is 2.54. The quantitative estimate of drug-likeness (QED) is 0.790. The van der Waals surface area contributed by atoms with Crippen molar-refractivity contribution in [2.45, 2.75) is 6.92 Å². The summed E-state index contributed by atoms with van der Waals surface area (Å²) in [6.45, 7) is 3.39. The lowest BCUT2D eigenvalue weighted by molar-refractivity contribution is 0.0953. The highest BCUT2D eigenvalue weighted by atomic mass is 79.9. The first-order valence-corrected chi connectivity index (χ1v) is 7.33. The molecular weight excluding hydrogens is 322 g/mol. The SMILES string of the molecule is CCOc1n[s+]([O-])c(C(=O)NCCN(C)C)c1Br. The number of rotatable bonds is 6. The topological polar surface area (TPSA) is 77.5 Å². The van der Waals surface area contributed by atoms with Crippen molar-refractivity contribution in [2.75, 3.05) is 33.8 Å². The van der Waals surface area contributed by atoms with Crippen LogP contribution in [-0.2, 0) is 0 Å². The maximum Gasteiger partial charge on any atom is 0.308 e. The molecule has 1 N–H and O–H groups in total. The standard InChI is InChI=1S/C10H16BrN3O3S/c1-4-17-10-7(11)8(18(16)13-10)9(15)12-5-6-14(2)3/h4-6H2,1-3H3,(H,12,15). The van der Waals surface area contributed by atoms with E-state index in [2.05, 4.69) is 25.6 Å².